The smallest absolute Gasteiger partial charge is 0.456 e. The highest BCUT2D eigenvalue weighted by Crippen LogP contribution is 2.43. The fourth-order valence-electron chi connectivity index (χ4n) is 9.62. The molecule has 0 spiro atoms. The van der Waals surface area contributed by atoms with Gasteiger partial charge in [0.05, 0.1) is 33.8 Å². The number of likely N-dealkylation sites (N-methyl/N-ethyl adjacent to an activating group) is 1. The van der Waals surface area contributed by atoms with Crippen LogP contribution in [-0.2, 0) is 27.9 Å². The monoisotopic (exact) mass is 1190 g/mol. The standard InChI is InChI=1S/C74H131N2O7P/c1-7-10-13-16-19-22-25-28-30-32-34-36-37-38-39-41-42-44-46-48-51-54-57-60-63-66-73(77)75-71(70-82-84(79,80)81-69-68-76(4,5)6)72(65-62-59-56-53-50-27-24-21-18-15-12-9-3)83-74(78)67-64-61-58-55-52-49-47-45-43-40-35-33-31-29-26-23-20-17-14-11-8-2/h11,14,19-20,22-23,28-31,35,40,45,47,52,55,62,65,71-72H,7-10,12-13,15-18,21,24-27,32-34,36-39,41-44,46,48-51,53-54,56-61,63-64,66-70H2,1-6H3,(H-,75,77,79,80)/p+1/b14-11-,22-19-,23-20-,30-28-,31-29-,40-35-,47-45-,55-52-,65-62-. The Morgan fingerprint density at radius 2 is 0.762 bits per heavy atom. The van der Waals surface area contributed by atoms with Crippen molar-refractivity contribution in [1.29, 1.82) is 0 Å². The third-order valence-corrected chi connectivity index (χ3v) is 15.9. The first-order valence-corrected chi connectivity index (χ1v) is 36.2. The van der Waals surface area contributed by atoms with Gasteiger partial charge in [-0.2, -0.15) is 0 Å². The molecule has 0 fully saturated rings. The zero-order valence-corrected chi connectivity index (χ0v) is 56.3. The molecule has 0 aliphatic carbocycles. The highest BCUT2D eigenvalue weighted by Gasteiger charge is 2.30. The summed E-state index contributed by atoms with van der Waals surface area (Å²) < 4.78 is 30.8. The van der Waals surface area contributed by atoms with Crippen molar-refractivity contribution < 1.29 is 37.3 Å². The molecule has 3 atom stereocenters. The zero-order chi connectivity index (χ0) is 61.4. The van der Waals surface area contributed by atoms with E-state index in [2.05, 4.69) is 123 Å². The SMILES string of the molecule is CC/C=C\C/C=C\C/C=C\C/C=C\C/C=C\C/C=C\CCCCC(=O)OC(/C=C\CCCCCCCCCCCC)C(COP(=O)(O)OCC[N+](C)(C)C)NC(=O)CCCCCCCCCCCCCCCCC/C=C\C/C=C\CCCCC. The van der Waals surface area contributed by atoms with Crippen LogP contribution in [0, 0.1) is 0 Å². The molecule has 0 heterocycles. The molecule has 0 aromatic rings. The number of hydrogen-bond acceptors (Lipinski definition) is 6. The van der Waals surface area contributed by atoms with Crippen molar-refractivity contribution in [3.8, 4) is 0 Å². The average Bonchev–Trinajstić information content (AvgIpc) is 3.65. The highest BCUT2D eigenvalue weighted by molar-refractivity contribution is 7.47. The summed E-state index contributed by atoms with van der Waals surface area (Å²) in [5, 5.41) is 3.06. The van der Waals surface area contributed by atoms with Crippen molar-refractivity contribution in [1.82, 2.24) is 5.32 Å². The van der Waals surface area contributed by atoms with Crippen LogP contribution in [-0.4, -0.2) is 74.3 Å². The molecule has 9 nitrogen and oxygen atoms in total. The van der Waals surface area contributed by atoms with Crippen molar-refractivity contribution in [3.05, 3.63) is 109 Å². The lowest BCUT2D eigenvalue weighted by Crippen LogP contribution is -2.47. The summed E-state index contributed by atoms with van der Waals surface area (Å²) in [6.07, 6.45) is 86.7. The molecule has 0 rings (SSSR count). The third kappa shape index (κ3) is 63.2. The van der Waals surface area contributed by atoms with E-state index in [0.717, 1.165) is 96.3 Å². The summed E-state index contributed by atoms with van der Waals surface area (Å²) >= 11 is 0. The minimum atomic E-state index is -4.47. The van der Waals surface area contributed by atoms with Gasteiger partial charge in [-0.3, -0.25) is 18.6 Å². The van der Waals surface area contributed by atoms with Gasteiger partial charge in [0, 0.05) is 12.8 Å². The maximum absolute atomic E-state index is 13.6. The van der Waals surface area contributed by atoms with Crippen LogP contribution >= 0.6 is 7.82 Å². The van der Waals surface area contributed by atoms with E-state index in [1.54, 1.807) is 0 Å². The average molecular weight is 1190 g/mol. The van der Waals surface area contributed by atoms with E-state index < -0.39 is 20.0 Å². The number of nitrogens with zero attached hydrogens (tertiary/aromatic N) is 1. The summed E-state index contributed by atoms with van der Waals surface area (Å²) in [6, 6.07) is -0.873. The summed E-state index contributed by atoms with van der Waals surface area (Å²) in [7, 11) is 1.46. The van der Waals surface area contributed by atoms with E-state index in [0.29, 0.717) is 23.9 Å². The quantitative estimate of drug-likeness (QED) is 0.0205. The lowest BCUT2D eigenvalue weighted by atomic mass is 10.0. The molecule has 0 radical (unpaired) electrons. The topological polar surface area (TPSA) is 111 Å². The van der Waals surface area contributed by atoms with E-state index in [1.165, 1.54) is 161 Å². The van der Waals surface area contributed by atoms with E-state index in [9.17, 15) is 19.0 Å². The van der Waals surface area contributed by atoms with Crippen LogP contribution in [0.25, 0.3) is 0 Å². The molecule has 0 aromatic heterocycles. The maximum Gasteiger partial charge on any atom is 0.472 e. The number of carbonyl (C=O) groups is 2. The molecule has 1 amide bonds. The van der Waals surface area contributed by atoms with E-state index in [4.69, 9.17) is 13.8 Å². The Hall–Kier alpha value is -3.33. The molecule has 10 heteroatoms. The Morgan fingerprint density at radius 3 is 1.18 bits per heavy atom. The molecule has 0 saturated heterocycles. The molecule has 0 saturated carbocycles. The Morgan fingerprint density at radius 1 is 0.429 bits per heavy atom. The van der Waals surface area contributed by atoms with Crippen LogP contribution in [0.1, 0.15) is 297 Å². The van der Waals surface area contributed by atoms with Crippen molar-refractivity contribution in [2.45, 2.75) is 309 Å². The number of carbonyl (C=O) groups excluding carboxylic acids is 2. The number of rotatable bonds is 62. The fraction of sp³-hybridized carbons (Fsp3) is 0.730. The van der Waals surface area contributed by atoms with Gasteiger partial charge in [-0.05, 0) is 115 Å². The van der Waals surface area contributed by atoms with Gasteiger partial charge >= 0.3 is 13.8 Å². The van der Waals surface area contributed by atoms with Gasteiger partial charge in [0.25, 0.3) is 0 Å². The van der Waals surface area contributed by atoms with Gasteiger partial charge < -0.3 is 19.4 Å². The number of unbranched alkanes of at least 4 members (excludes halogenated alkanes) is 30. The number of quaternary nitrogens is 1. The first kappa shape index (κ1) is 80.7. The Balaban J connectivity index is 5.16. The predicted molar refractivity (Wildman–Crippen MR) is 364 cm³/mol. The second kappa shape index (κ2) is 62.7. The fourth-order valence-corrected chi connectivity index (χ4v) is 10.4. The van der Waals surface area contributed by atoms with Crippen LogP contribution in [0.3, 0.4) is 0 Å². The second-order valence-electron chi connectivity index (χ2n) is 24.3. The van der Waals surface area contributed by atoms with Crippen LogP contribution in [0.4, 0.5) is 0 Å². The third-order valence-electron chi connectivity index (χ3n) is 14.9. The molecule has 0 aliphatic rings. The number of esters is 1. The molecular weight excluding hydrogens is 1060 g/mol. The summed E-state index contributed by atoms with van der Waals surface area (Å²) in [6.45, 7) is 6.86. The van der Waals surface area contributed by atoms with E-state index >= 15 is 0 Å². The first-order chi connectivity index (χ1) is 40.9. The number of nitrogens with one attached hydrogen (secondary N) is 1. The van der Waals surface area contributed by atoms with Crippen molar-refractivity contribution in [3.63, 3.8) is 0 Å². The lowest BCUT2D eigenvalue weighted by Gasteiger charge is -2.27. The number of allylic oxidation sites excluding steroid dienone is 17. The minimum Gasteiger partial charge on any atom is -0.456 e. The first-order valence-electron chi connectivity index (χ1n) is 34.7. The number of phosphoric acid groups is 1. The van der Waals surface area contributed by atoms with Gasteiger partial charge in [0.1, 0.15) is 19.3 Å². The molecule has 0 bridgehead atoms. The molecule has 484 valence electrons. The highest BCUT2D eigenvalue weighted by atomic mass is 31.2. The molecule has 84 heavy (non-hydrogen) atoms. The van der Waals surface area contributed by atoms with Crippen molar-refractivity contribution in [2.24, 2.45) is 0 Å². The normalized spacial score (nSPS) is 14.2. The summed E-state index contributed by atoms with van der Waals surface area (Å²) in [5.41, 5.74) is 0. The van der Waals surface area contributed by atoms with Gasteiger partial charge in [0.15, 0.2) is 0 Å². The van der Waals surface area contributed by atoms with Gasteiger partial charge in [-0.1, -0.05) is 278 Å². The molecule has 3 unspecified atom stereocenters. The van der Waals surface area contributed by atoms with Crippen LogP contribution in [0.15, 0.2) is 109 Å². The Labute approximate surface area is 519 Å². The second-order valence-corrected chi connectivity index (χ2v) is 25.8. The lowest BCUT2D eigenvalue weighted by molar-refractivity contribution is -0.870. The summed E-state index contributed by atoms with van der Waals surface area (Å²) in [4.78, 5) is 37.9. The van der Waals surface area contributed by atoms with Crippen LogP contribution in [0.2, 0.25) is 0 Å². The van der Waals surface area contributed by atoms with Gasteiger partial charge in [0.2, 0.25) is 5.91 Å². The molecule has 0 aliphatic heterocycles. The van der Waals surface area contributed by atoms with E-state index in [-0.39, 0.29) is 31.5 Å². The number of phosphoric ester groups is 1. The predicted octanol–water partition coefficient (Wildman–Crippen LogP) is 22.1. The maximum atomic E-state index is 13.6. The number of hydrogen-bond donors (Lipinski definition) is 2. The Kier molecular flexibility index (Phi) is 60.2. The Bertz CT molecular complexity index is 1810. The molecule has 0 aromatic carbocycles. The number of amides is 1. The van der Waals surface area contributed by atoms with Crippen molar-refractivity contribution >= 4 is 19.7 Å². The number of ether oxygens (including phenoxy) is 1. The summed E-state index contributed by atoms with van der Waals surface area (Å²) in [5.74, 6) is -0.555. The van der Waals surface area contributed by atoms with Crippen LogP contribution in [0.5, 0.6) is 0 Å². The van der Waals surface area contributed by atoms with Crippen molar-refractivity contribution in [2.75, 3.05) is 40.9 Å². The van der Waals surface area contributed by atoms with Crippen LogP contribution < -0.4 is 5.32 Å². The molecular formula is C74H132N2O7P+. The minimum absolute atomic E-state index is 0.0288. The zero-order valence-electron chi connectivity index (χ0n) is 55.4. The molecule has 2 N–H and O–H groups in total. The largest absolute Gasteiger partial charge is 0.472 e. The van der Waals surface area contributed by atoms with E-state index in [1.807, 2.05) is 33.3 Å². The van der Waals surface area contributed by atoms with Gasteiger partial charge in [-0.25, -0.2) is 4.57 Å². The van der Waals surface area contributed by atoms with Gasteiger partial charge in [-0.15, -0.1) is 0 Å².